The Balaban J connectivity index is 0.00000468. The average Bonchev–Trinajstić information content (AvgIpc) is 4.01. The van der Waals surface area contributed by atoms with Crippen LogP contribution in [0.5, 0.6) is 11.5 Å². The Hall–Kier alpha value is -7.60. The van der Waals surface area contributed by atoms with Gasteiger partial charge in [-0.1, -0.05) is 135 Å². The number of nitrogens with zero attached hydrogens (tertiary/aromatic N) is 4. The number of hydrogen-bond donors (Lipinski definition) is 0. The Labute approximate surface area is 400 Å². The minimum atomic E-state index is -0.316. The molecule has 6 nitrogen and oxygen atoms in total. The molecule has 0 unspecified atom stereocenters. The largest absolute Gasteiger partial charge is 0.519 e. The number of halogens is 1. The van der Waals surface area contributed by atoms with Gasteiger partial charge in [-0.2, -0.15) is 6.07 Å². The number of fused-ring (bicyclic) bond motifs is 13. The van der Waals surface area contributed by atoms with Gasteiger partial charge in [0.15, 0.2) is 0 Å². The second-order valence-corrected chi connectivity index (χ2v) is 18.2. The van der Waals surface area contributed by atoms with E-state index in [1.807, 2.05) is 29.0 Å². The fourth-order valence-electron chi connectivity index (χ4n) is 9.92. The molecule has 13 rings (SSSR count). The summed E-state index contributed by atoms with van der Waals surface area (Å²) in [5.41, 5.74) is 14.6. The molecule has 8 aromatic carbocycles. The summed E-state index contributed by atoms with van der Waals surface area (Å²) in [5, 5.41) is 3.43. The number of hydrogen-bond acceptors (Lipinski definition) is 3. The van der Waals surface area contributed by atoms with Crippen molar-refractivity contribution in [1.82, 2.24) is 14.1 Å². The zero-order valence-electron chi connectivity index (χ0n) is 36.9. The molecule has 0 atom stereocenters. The van der Waals surface area contributed by atoms with Crippen molar-refractivity contribution in [2.75, 3.05) is 0 Å². The molecule has 326 valence electrons. The van der Waals surface area contributed by atoms with Crippen LogP contribution in [0.1, 0.15) is 31.9 Å². The molecule has 0 saturated carbocycles. The molecule has 0 spiro atoms. The Kier molecular flexibility index (Phi) is 9.29. The first-order valence-electron chi connectivity index (χ1n) is 22.1. The summed E-state index contributed by atoms with van der Waals surface area (Å²) in [5.74, 6) is 1.38. The van der Waals surface area contributed by atoms with Gasteiger partial charge < -0.3 is 18.3 Å². The van der Waals surface area contributed by atoms with Crippen molar-refractivity contribution in [2.24, 2.45) is 0 Å². The van der Waals surface area contributed by atoms with E-state index in [0.717, 1.165) is 77.7 Å². The Morgan fingerprint density at radius 1 is 0.627 bits per heavy atom. The van der Waals surface area contributed by atoms with Crippen molar-refractivity contribution < 1.29 is 39.2 Å². The molecular formula is C59H39FN4O2Pt-2. The maximum atomic E-state index is 15.5. The Morgan fingerprint density at radius 2 is 1.30 bits per heavy atom. The first-order valence-corrected chi connectivity index (χ1v) is 22.1. The van der Waals surface area contributed by atoms with Crippen LogP contribution in [0.4, 0.5) is 4.39 Å². The summed E-state index contributed by atoms with van der Waals surface area (Å²) in [6.07, 6.45) is 5.66. The maximum Gasteiger partial charge on any atom is 0.268 e. The molecule has 0 N–H and O–H groups in total. The number of para-hydroxylation sites is 3. The van der Waals surface area contributed by atoms with E-state index in [1.54, 1.807) is 19.1 Å². The topological polar surface area (TPSA) is 49.0 Å². The molecule has 0 bridgehead atoms. The quantitative estimate of drug-likeness (QED) is 0.130. The van der Waals surface area contributed by atoms with Crippen LogP contribution in [0.25, 0.3) is 105 Å². The van der Waals surface area contributed by atoms with Gasteiger partial charge in [0.25, 0.3) is 6.33 Å². The Bertz CT molecular complexity index is 4000. The fraction of sp³-hybridized carbons (Fsp3) is 0.0847. The number of ether oxygens (including phenoxy) is 1. The van der Waals surface area contributed by atoms with Crippen LogP contribution in [-0.2, 0) is 26.5 Å². The minimum absolute atomic E-state index is 0. The van der Waals surface area contributed by atoms with E-state index in [1.165, 1.54) is 5.56 Å². The number of rotatable bonds is 4. The normalized spacial score (nSPS) is 12.1. The van der Waals surface area contributed by atoms with Gasteiger partial charge in [-0.25, -0.2) is 9.37 Å². The third-order valence-electron chi connectivity index (χ3n) is 13.1. The van der Waals surface area contributed by atoms with E-state index in [-0.39, 0.29) is 32.3 Å². The molecule has 0 aliphatic carbocycles. The first kappa shape index (κ1) is 40.9. The van der Waals surface area contributed by atoms with Crippen molar-refractivity contribution >= 4 is 54.8 Å². The predicted molar refractivity (Wildman–Crippen MR) is 261 cm³/mol. The molecule has 67 heavy (non-hydrogen) atoms. The molecule has 4 aromatic heterocycles. The SMILES string of the molecule is Cc1cc2oc3c(-n4[c-][n+]5c6c(cccc64)-c4ccccc4-c4ccccc4-c4ccccc4-5)[c-]c(Oc4[c-]c5c(cc4)c4ccccc4n5-c4cc(C(C)(C)C)ccn4)cc3c2cc1F.[Pt]. The zero-order valence-corrected chi connectivity index (χ0v) is 39.2. The standard InChI is InChI=1S/C59H39FN4O2.Pt/c1-35-28-55-47(33-49(35)60)48-30-38(65-37-24-25-45-44-19-10-12-22-51(44)64(53(45)31-37)56-29-36(26-27-61-56)59(2,3)4)32-54(58(48)66-55)62-34-63-50-21-11-9-18-43(50)41-16-7-5-14-39(41)40-15-6-8-17-42(40)46-20-13-23-52(62)57(46)63;/h5-30,33H,1-4H3;/q-2;. The van der Waals surface area contributed by atoms with Gasteiger partial charge in [-0.3, -0.25) is 4.57 Å². The van der Waals surface area contributed by atoms with Crippen LogP contribution >= 0.6 is 0 Å². The summed E-state index contributed by atoms with van der Waals surface area (Å²) in [6.45, 7) is 8.37. The van der Waals surface area contributed by atoms with Gasteiger partial charge in [0.05, 0.1) is 16.7 Å². The summed E-state index contributed by atoms with van der Waals surface area (Å²) in [4.78, 5) is 4.87. The van der Waals surface area contributed by atoms with Gasteiger partial charge in [-0.15, -0.1) is 29.7 Å². The number of pyridine rings is 1. The summed E-state index contributed by atoms with van der Waals surface area (Å²) in [6, 6.07) is 61.0. The van der Waals surface area contributed by atoms with E-state index in [4.69, 9.17) is 14.1 Å². The molecule has 5 heterocycles. The number of aryl methyl sites for hydroxylation is 1. The van der Waals surface area contributed by atoms with Gasteiger partial charge in [-0.05, 0) is 104 Å². The van der Waals surface area contributed by atoms with Gasteiger partial charge in [0.2, 0.25) is 0 Å². The van der Waals surface area contributed by atoms with Crippen LogP contribution in [0.3, 0.4) is 0 Å². The van der Waals surface area contributed by atoms with Crippen molar-refractivity contribution in [3.63, 3.8) is 0 Å². The smallest absolute Gasteiger partial charge is 0.268 e. The zero-order chi connectivity index (χ0) is 44.4. The first-order chi connectivity index (χ1) is 32.2. The molecule has 0 amide bonds. The maximum absolute atomic E-state index is 15.5. The van der Waals surface area contributed by atoms with Gasteiger partial charge in [0.1, 0.15) is 17.2 Å². The average molecular weight is 1050 g/mol. The third kappa shape index (κ3) is 6.32. The molecule has 0 fully saturated rings. The number of aromatic nitrogens is 4. The van der Waals surface area contributed by atoms with Crippen LogP contribution in [-0.4, -0.2) is 14.1 Å². The molecule has 8 heteroatoms. The molecule has 1 aliphatic heterocycles. The summed E-state index contributed by atoms with van der Waals surface area (Å²) >= 11 is 0. The van der Waals surface area contributed by atoms with Crippen molar-refractivity contribution in [3.05, 3.63) is 199 Å². The van der Waals surface area contributed by atoms with E-state index < -0.39 is 0 Å². The molecular weight excluding hydrogens is 1010 g/mol. The molecule has 1 aliphatic rings. The molecule has 0 radical (unpaired) electrons. The van der Waals surface area contributed by atoms with E-state index in [9.17, 15) is 0 Å². The van der Waals surface area contributed by atoms with E-state index >= 15 is 4.39 Å². The fourth-order valence-corrected chi connectivity index (χ4v) is 9.92. The summed E-state index contributed by atoms with van der Waals surface area (Å²) < 4.78 is 35.4. The number of furan rings is 1. The van der Waals surface area contributed by atoms with Crippen LogP contribution < -0.4 is 9.30 Å². The molecule has 12 aromatic rings. The van der Waals surface area contributed by atoms with Crippen LogP contribution in [0.2, 0.25) is 0 Å². The van der Waals surface area contributed by atoms with Crippen LogP contribution in [0, 0.1) is 31.2 Å². The second kappa shape index (κ2) is 15.2. The van der Waals surface area contributed by atoms with E-state index in [0.29, 0.717) is 44.7 Å². The monoisotopic (exact) mass is 1050 g/mol. The van der Waals surface area contributed by atoms with Crippen molar-refractivity contribution in [2.45, 2.75) is 33.1 Å². The second-order valence-electron chi connectivity index (χ2n) is 18.2. The Morgan fingerprint density at radius 3 is 2.07 bits per heavy atom. The van der Waals surface area contributed by atoms with Crippen molar-refractivity contribution in [3.8, 4) is 62.1 Å². The van der Waals surface area contributed by atoms with E-state index in [2.05, 4.69) is 176 Å². The van der Waals surface area contributed by atoms with Crippen molar-refractivity contribution in [1.29, 1.82) is 0 Å². The predicted octanol–water partition coefficient (Wildman–Crippen LogP) is 14.5. The minimum Gasteiger partial charge on any atom is -0.519 e. The third-order valence-corrected chi connectivity index (χ3v) is 13.1. The summed E-state index contributed by atoms with van der Waals surface area (Å²) in [7, 11) is 0. The van der Waals surface area contributed by atoms with Crippen LogP contribution in [0.15, 0.2) is 168 Å². The van der Waals surface area contributed by atoms with Gasteiger partial charge >= 0.3 is 0 Å². The number of imidazole rings is 1. The van der Waals surface area contributed by atoms with Gasteiger partial charge in [0, 0.05) is 55.2 Å². The number of benzene rings is 8. The molecule has 0 saturated heterocycles.